The smallest absolute Gasteiger partial charge is 0.190 e. The highest BCUT2D eigenvalue weighted by Gasteiger charge is 2.05. The van der Waals surface area contributed by atoms with Gasteiger partial charge in [0.1, 0.15) is 11.8 Å². The Morgan fingerprint density at radius 2 is 2.38 bits per heavy atom. The van der Waals surface area contributed by atoms with Gasteiger partial charge in [-0.1, -0.05) is 11.6 Å². The molecule has 0 saturated carbocycles. The van der Waals surface area contributed by atoms with Gasteiger partial charge >= 0.3 is 0 Å². The molecule has 3 nitrogen and oxygen atoms in total. The van der Waals surface area contributed by atoms with E-state index in [1.54, 1.807) is 12.1 Å². The van der Waals surface area contributed by atoms with Crippen molar-refractivity contribution >= 4 is 17.4 Å². The van der Waals surface area contributed by atoms with Gasteiger partial charge in [-0.2, -0.15) is 0 Å². The van der Waals surface area contributed by atoms with Crippen molar-refractivity contribution in [2.75, 3.05) is 13.2 Å². The molecule has 0 amide bonds. The second-order valence-corrected chi connectivity index (χ2v) is 2.82. The van der Waals surface area contributed by atoms with Gasteiger partial charge < -0.3 is 4.74 Å². The summed E-state index contributed by atoms with van der Waals surface area (Å²) in [5, 5.41) is 0.382. The number of carbonyl (C=O) groups excluding carboxylic acids is 1. The molecule has 4 heteroatoms. The Hall–Kier alpha value is -0.930. The number of hydrogen-bond acceptors (Lipinski definition) is 3. The summed E-state index contributed by atoms with van der Waals surface area (Å²) < 4.78 is 4.97. The molecule has 13 heavy (non-hydrogen) atoms. The van der Waals surface area contributed by atoms with E-state index in [9.17, 15) is 4.79 Å². The van der Waals surface area contributed by atoms with Crippen molar-refractivity contribution in [3.05, 3.63) is 29.0 Å². The predicted molar refractivity (Wildman–Crippen MR) is 50.1 cm³/mol. The Balaban J connectivity index is 2.61. The molecule has 0 atom stereocenters. The standard InChI is InChI=1S/C9H10ClNO2/c1-2-13-6-8(12)7-3-4-9(10)11-5-7/h3-5H,2,6H2,1H3. The monoisotopic (exact) mass is 199 g/mol. The van der Waals surface area contributed by atoms with Gasteiger partial charge in [0.15, 0.2) is 5.78 Å². The first-order chi connectivity index (χ1) is 6.24. The Labute approximate surface area is 81.7 Å². The molecule has 0 spiro atoms. The minimum atomic E-state index is -0.0778. The number of pyridine rings is 1. The summed E-state index contributed by atoms with van der Waals surface area (Å²) in [6.07, 6.45) is 1.45. The normalized spacial score (nSPS) is 10.0. The van der Waals surface area contributed by atoms with Gasteiger partial charge in [0.05, 0.1) is 0 Å². The van der Waals surface area contributed by atoms with E-state index in [0.717, 1.165) is 0 Å². The van der Waals surface area contributed by atoms with Gasteiger partial charge in [0, 0.05) is 18.4 Å². The van der Waals surface area contributed by atoms with Crippen LogP contribution in [0, 0.1) is 0 Å². The summed E-state index contributed by atoms with van der Waals surface area (Å²) in [5.74, 6) is -0.0778. The molecular weight excluding hydrogens is 190 g/mol. The first-order valence-electron chi connectivity index (χ1n) is 3.96. The fourth-order valence-electron chi connectivity index (χ4n) is 0.819. The van der Waals surface area contributed by atoms with Crippen LogP contribution < -0.4 is 0 Å². The maximum Gasteiger partial charge on any atom is 0.190 e. The van der Waals surface area contributed by atoms with E-state index in [1.807, 2.05) is 6.92 Å². The maximum atomic E-state index is 11.3. The van der Waals surface area contributed by atoms with Crippen molar-refractivity contribution in [3.63, 3.8) is 0 Å². The van der Waals surface area contributed by atoms with Gasteiger partial charge in [-0.15, -0.1) is 0 Å². The molecule has 1 heterocycles. The number of aromatic nitrogens is 1. The van der Waals surface area contributed by atoms with Crippen LogP contribution in [0.2, 0.25) is 5.15 Å². The second-order valence-electron chi connectivity index (χ2n) is 2.43. The lowest BCUT2D eigenvalue weighted by atomic mass is 10.2. The van der Waals surface area contributed by atoms with Crippen LogP contribution in [0.4, 0.5) is 0 Å². The van der Waals surface area contributed by atoms with Gasteiger partial charge in [0.2, 0.25) is 0 Å². The molecule has 1 rings (SSSR count). The molecular formula is C9H10ClNO2. The topological polar surface area (TPSA) is 39.2 Å². The Morgan fingerprint density at radius 1 is 1.62 bits per heavy atom. The molecule has 0 aliphatic rings. The zero-order valence-electron chi connectivity index (χ0n) is 7.29. The van der Waals surface area contributed by atoms with Gasteiger partial charge in [-0.25, -0.2) is 4.98 Å². The molecule has 0 aliphatic heterocycles. The van der Waals surface area contributed by atoms with E-state index in [-0.39, 0.29) is 12.4 Å². The Morgan fingerprint density at radius 3 is 2.92 bits per heavy atom. The van der Waals surface area contributed by atoms with Gasteiger partial charge in [-0.05, 0) is 19.1 Å². The molecule has 0 fully saturated rings. The van der Waals surface area contributed by atoms with Crippen molar-refractivity contribution in [1.29, 1.82) is 0 Å². The van der Waals surface area contributed by atoms with Crippen LogP contribution >= 0.6 is 11.6 Å². The molecule has 0 aliphatic carbocycles. The largest absolute Gasteiger partial charge is 0.374 e. The molecule has 70 valence electrons. The van der Waals surface area contributed by atoms with Crippen molar-refractivity contribution in [2.45, 2.75) is 6.92 Å². The number of nitrogens with zero attached hydrogens (tertiary/aromatic N) is 1. The van der Waals surface area contributed by atoms with Crippen LogP contribution in [0.1, 0.15) is 17.3 Å². The molecule has 1 aromatic rings. The molecule has 0 unspecified atom stereocenters. The predicted octanol–water partition coefficient (Wildman–Crippen LogP) is 1.95. The molecule has 0 saturated heterocycles. The summed E-state index contributed by atoms with van der Waals surface area (Å²) in [5.41, 5.74) is 0.526. The Kier molecular flexibility index (Phi) is 3.86. The third-order valence-electron chi connectivity index (χ3n) is 1.49. The summed E-state index contributed by atoms with van der Waals surface area (Å²) in [6, 6.07) is 3.22. The fraction of sp³-hybridized carbons (Fsp3) is 0.333. The minimum absolute atomic E-state index is 0.0778. The summed E-state index contributed by atoms with van der Waals surface area (Å²) >= 11 is 5.57. The Bertz CT molecular complexity index is 284. The van der Waals surface area contributed by atoms with Crippen LogP contribution in [-0.2, 0) is 4.74 Å². The highest BCUT2D eigenvalue weighted by Crippen LogP contribution is 2.05. The fourth-order valence-corrected chi connectivity index (χ4v) is 0.931. The maximum absolute atomic E-state index is 11.3. The van der Waals surface area contributed by atoms with Crippen molar-refractivity contribution in [2.24, 2.45) is 0 Å². The SMILES string of the molecule is CCOCC(=O)c1ccc(Cl)nc1. The molecule has 0 N–H and O–H groups in total. The van der Waals surface area contributed by atoms with E-state index in [4.69, 9.17) is 16.3 Å². The van der Waals surface area contributed by atoms with Crippen LogP contribution in [0.5, 0.6) is 0 Å². The zero-order chi connectivity index (χ0) is 9.68. The molecule has 0 aromatic carbocycles. The number of ketones is 1. The average molecular weight is 200 g/mol. The van der Waals surface area contributed by atoms with Gasteiger partial charge in [0.25, 0.3) is 0 Å². The van der Waals surface area contributed by atoms with Crippen molar-refractivity contribution < 1.29 is 9.53 Å². The van der Waals surface area contributed by atoms with Crippen LogP contribution in [0.15, 0.2) is 18.3 Å². The number of halogens is 1. The van der Waals surface area contributed by atoms with Crippen LogP contribution in [0.25, 0.3) is 0 Å². The number of Topliss-reactive ketones (excluding diaryl/α,β-unsaturated/α-hetero) is 1. The van der Waals surface area contributed by atoms with E-state index >= 15 is 0 Å². The molecule has 1 aromatic heterocycles. The molecule has 0 radical (unpaired) electrons. The lowest BCUT2D eigenvalue weighted by Crippen LogP contribution is -2.08. The highest BCUT2D eigenvalue weighted by molar-refractivity contribution is 6.29. The lowest BCUT2D eigenvalue weighted by Gasteiger charge is -1.99. The number of hydrogen-bond donors (Lipinski definition) is 0. The van der Waals surface area contributed by atoms with E-state index in [0.29, 0.717) is 17.3 Å². The van der Waals surface area contributed by atoms with Crippen molar-refractivity contribution in [1.82, 2.24) is 4.98 Å². The third-order valence-corrected chi connectivity index (χ3v) is 1.71. The average Bonchev–Trinajstić information content (AvgIpc) is 2.15. The number of carbonyl (C=O) groups is 1. The summed E-state index contributed by atoms with van der Waals surface area (Å²) in [4.78, 5) is 15.1. The quantitative estimate of drug-likeness (QED) is 0.550. The second kappa shape index (κ2) is 4.94. The highest BCUT2D eigenvalue weighted by atomic mass is 35.5. The van der Waals surface area contributed by atoms with Crippen LogP contribution in [-0.4, -0.2) is 24.0 Å². The first kappa shape index (κ1) is 10.2. The van der Waals surface area contributed by atoms with Crippen LogP contribution in [0.3, 0.4) is 0 Å². The first-order valence-corrected chi connectivity index (χ1v) is 4.34. The minimum Gasteiger partial charge on any atom is -0.374 e. The lowest BCUT2D eigenvalue weighted by molar-refractivity contribution is 0.0783. The third kappa shape index (κ3) is 3.13. The zero-order valence-corrected chi connectivity index (χ0v) is 8.04. The van der Waals surface area contributed by atoms with E-state index in [2.05, 4.69) is 4.98 Å². The molecule has 0 bridgehead atoms. The van der Waals surface area contributed by atoms with E-state index < -0.39 is 0 Å². The van der Waals surface area contributed by atoms with Gasteiger partial charge in [-0.3, -0.25) is 4.79 Å². The summed E-state index contributed by atoms with van der Waals surface area (Å²) in [6.45, 7) is 2.47. The number of rotatable bonds is 4. The van der Waals surface area contributed by atoms with E-state index in [1.165, 1.54) is 6.20 Å². The number of ether oxygens (including phenoxy) is 1. The summed E-state index contributed by atoms with van der Waals surface area (Å²) in [7, 11) is 0. The van der Waals surface area contributed by atoms with Crippen molar-refractivity contribution in [3.8, 4) is 0 Å².